The van der Waals surface area contributed by atoms with Crippen molar-refractivity contribution in [3.05, 3.63) is 47.5 Å². The number of hydrogen-bond donors (Lipinski definition) is 11. The quantitative estimate of drug-likeness (QED) is 0.0146. The predicted molar refractivity (Wildman–Crippen MR) is 219 cm³/mol. The number of anilines is 6. The predicted octanol–water partition coefficient (Wildman–Crippen LogP) is -4.12. The van der Waals surface area contributed by atoms with E-state index in [9.17, 15) is 44.6 Å². The summed E-state index contributed by atoms with van der Waals surface area (Å²) in [4.78, 5) is 24.6. The zero-order chi connectivity index (χ0) is 45.2. The van der Waals surface area contributed by atoms with Crippen LogP contribution in [0, 0.1) is 0 Å². The monoisotopic (exact) mass is 942 g/mol. The topological polar surface area (TPSA) is 391 Å². The van der Waals surface area contributed by atoms with E-state index in [1.54, 1.807) is 0 Å². The van der Waals surface area contributed by atoms with Crippen LogP contribution in [0.1, 0.15) is 11.1 Å². The molecular weight excluding hydrogens is 898 g/mol. The van der Waals surface area contributed by atoms with Gasteiger partial charge in [-0.15, -0.1) is 0 Å². The smallest absolute Gasteiger partial charge is 0.467 e. The van der Waals surface area contributed by atoms with Crippen molar-refractivity contribution < 1.29 is 98.4 Å². The van der Waals surface area contributed by atoms with E-state index in [0.717, 1.165) is 12.1 Å². The van der Waals surface area contributed by atoms with Gasteiger partial charge in [0, 0.05) is 44.1 Å². The number of aliphatic hydroxyl groups is 4. The van der Waals surface area contributed by atoms with Gasteiger partial charge in [-0.25, -0.2) is 0 Å². The summed E-state index contributed by atoms with van der Waals surface area (Å²) >= 11 is 0. The van der Waals surface area contributed by atoms with Crippen LogP contribution in [-0.2, 0) is 30.4 Å². The normalized spacial score (nSPS) is 11.6. The minimum absolute atomic E-state index is 0. The fourth-order valence-electron chi connectivity index (χ4n) is 4.73. The molecule has 2 aromatic carbocycles. The Bertz CT molecular complexity index is 2430. The number of rotatable bonds is 23. The molecule has 4 aromatic rings. The number of aromatic nitrogens is 6. The molecule has 0 bridgehead atoms. The van der Waals surface area contributed by atoms with Crippen LogP contribution >= 0.6 is 0 Å². The first-order chi connectivity index (χ1) is 28.8. The first-order valence-electron chi connectivity index (χ1n) is 17.5. The third kappa shape index (κ3) is 18.1. The van der Waals surface area contributed by atoms with Gasteiger partial charge in [-0.2, -0.15) is 55.2 Å². The Morgan fingerprint density at radius 2 is 1.06 bits per heavy atom. The second-order valence-corrected chi connectivity index (χ2v) is 16.1. The number of benzene rings is 2. The minimum Gasteiger partial charge on any atom is -0.467 e. The molecule has 0 atom stereocenters. The van der Waals surface area contributed by atoms with Gasteiger partial charge in [-0.1, -0.05) is 24.3 Å². The van der Waals surface area contributed by atoms with Gasteiger partial charge in [-0.3, -0.25) is 13.7 Å². The molecular formula is C32H45N11NaO15S3+. The Kier molecular flexibility index (Phi) is 22.2. The van der Waals surface area contributed by atoms with Crippen LogP contribution in [0.5, 0.6) is 12.0 Å². The SMILES string of the molecule is COc1nc(NCCS(=O)(=O)O)nc(Nc2ccc(/C=C/c3ccc(Nc4nc(OC)nc(N(CCO)CCO)n4)cc3S(=O)(=O)O)c(S(=O)(=O)O)c2)n1.OCCNCCO.[Na+]. The van der Waals surface area contributed by atoms with Gasteiger partial charge in [0.2, 0.25) is 23.8 Å². The summed E-state index contributed by atoms with van der Waals surface area (Å²) in [6.45, 7) is 0.715. The average Bonchev–Trinajstić information content (AvgIpc) is 3.19. The van der Waals surface area contributed by atoms with Crippen molar-refractivity contribution in [2.75, 3.05) is 100.0 Å². The molecule has 0 spiro atoms. The molecule has 0 unspecified atom stereocenters. The third-order valence-corrected chi connectivity index (χ3v) is 9.90. The summed E-state index contributed by atoms with van der Waals surface area (Å²) in [6, 6.07) is 7.02. The Hall–Kier alpha value is -4.47. The zero-order valence-electron chi connectivity index (χ0n) is 33.4. The summed E-state index contributed by atoms with van der Waals surface area (Å²) in [6.07, 6.45) is 2.35. The molecule has 62 heavy (non-hydrogen) atoms. The van der Waals surface area contributed by atoms with Crippen LogP contribution in [0.3, 0.4) is 0 Å². The summed E-state index contributed by atoms with van der Waals surface area (Å²) in [5.74, 6) is -1.08. The van der Waals surface area contributed by atoms with Gasteiger partial charge in [0.25, 0.3) is 30.4 Å². The molecule has 0 radical (unpaired) electrons. The van der Waals surface area contributed by atoms with E-state index >= 15 is 0 Å². The van der Waals surface area contributed by atoms with Crippen LogP contribution in [0.15, 0.2) is 46.2 Å². The van der Waals surface area contributed by atoms with E-state index in [2.05, 4.69) is 51.2 Å². The molecule has 30 heteroatoms. The number of aliphatic hydroxyl groups excluding tert-OH is 4. The molecule has 0 aliphatic rings. The zero-order valence-corrected chi connectivity index (χ0v) is 37.9. The molecule has 0 saturated carbocycles. The van der Waals surface area contributed by atoms with Crippen molar-refractivity contribution >= 4 is 77.7 Å². The molecule has 0 aliphatic heterocycles. The molecule has 11 N–H and O–H groups in total. The Morgan fingerprint density at radius 3 is 1.48 bits per heavy atom. The molecule has 2 aromatic heterocycles. The second-order valence-electron chi connectivity index (χ2n) is 11.8. The van der Waals surface area contributed by atoms with Crippen molar-refractivity contribution in [2.45, 2.75) is 9.79 Å². The Labute approximate surface area is 378 Å². The molecule has 26 nitrogen and oxygen atoms in total. The van der Waals surface area contributed by atoms with Crippen molar-refractivity contribution in [1.82, 2.24) is 35.2 Å². The maximum Gasteiger partial charge on any atom is 1.00 e. The number of hydrogen-bond acceptors (Lipinski definition) is 23. The number of nitrogens with zero attached hydrogens (tertiary/aromatic N) is 7. The Morgan fingerprint density at radius 1 is 0.613 bits per heavy atom. The molecule has 0 saturated heterocycles. The number of ether oxygens (including phenoxy) is 2. The van der Waals surface area contributed by atoms with Crippen LogP contribution in [0.2, 0.25) is 0 Å². The molecule has 2 heterocycles. The summed E-state index contributed by atoms with van der Waals surface area (Å²) in [7, 11) is -11.5. The number of methoxy groups -OCH3 is 2. The first-order valence-corrected chi connectivity index (χ1v) is 22.0. The maximum atomic E-state index is 12.4. The minimum atomic E-state index is -4.90. The largest absolute Gasteiger partial charge is 1.00 e. The van der Waals surface area contributed by atoms with Crippen molar-refractivity contribution in [3.8, 4) is 12.0 Å². The Balaban J connectivity index is 0.00000152. The molecule has 0 fully saturated rings. The van der Waals surface area contributed by atoms with E-state index in [0.29, 0.717) is 13.1 Å². The van der Waals surface area contributed by atoms with Crippen LogP contribution in [0.4, 0.5) is 35.2 Å². The fourth-order valence-corrected chi connectivity index (χ4v) is 6.51. The van der Waals surface area contributed by atoms with E-state index in [1.165, 1.54) is 55.5 Å². The van der Waals surface area contributed by atoms with Crippen molar-refractivity contribution in [2.24, 2.45) is 0 Å². The fraction of sp³-hybridized carbons (Fsp3) is 0.375. The summed E-state index contributed by atoms with van der Waals surface area (Å²) in [5, 5.41) is 45.9. The molecule has 4 rings (SSSR count). The number of nitrogens with one attached hydrogen (secondary N) is 4. The summed E-state index contributed by atoms with van der Waals surface area (Å²) in [5.41, 5.74) is -0.0770. The van der Waals surface area contributed by atoms with E-state index in [4.69, 9.17) is 24.2 Å². The van der Waals surface area contributed by atoms with Crippen LogP contribution in [-0.4, -0.2) is 168 Å². The van der Waals surface area contributed by atoms with Crippen molar-refractivity contribution in [1.29, 1.82) is 0 Å². The van der Waals surface area contributed by atoms with Crippen LogP contribution < -0.4 is 65.2 Å². The molecule has 336 valence electrons. The average molecular weight is 943 g/mol. The van der Waals surface area contributed by atoms with Gasteiger partial charge in [-0.05, 0) is 35.4 Å². The molecule has 0 amide bonds. The van der Waals surface area contributed by atoms with E-state index < -0.39 is 45.9 Å². The molecule has 0 aliphatic carbocycles. The maximum absolute atomic E-state index is 12.4. The van der Waals surface area contributed by atoms with Crippen LogP contribution in [0.25, 0.3) is 12.2 Å². The standard InChI is InChI=1S/C28H34N10O13S3.C4H11NO2.Na/c1-50-27-34-23(29-9-14-52(41,42)43)32-24(35-27)30-19-7-5-17(21(15-19)53(44,45)46)3-4-18-6-8-20(16-22(18)54(47,48)49)31-25-33-26(37-28(36-25)51-2)38(10-12-39)11-13-40;6-3-1-5-2-4-7;/h3-8,15-16,39-40H,9-14H2,1-2H3,(H,41,42,43)(H,44,45,46)(H,47,48,49)(H,31,33,36,37)(H2,29,30,32,34,35);5-7H,1-4H2;/q;;+1/b4-3+;;. The van der Waals surface area contributed by atoms with Gasteiger partial charge < -0.3 is 56.1 Å². The summed E-state index contributed by atoms with van der Waals surface area (Å²) < 4.78 is 111. The third-order valence-electron chi connectivity index (χ3n) is 7.36. The van der Waals surface area contributed by atoms with Gasteiger partial charge in [0.1, 0.15) is 9.79 Å². The van der Waals surface area contributed by atoms with Gasteiger partial charge >= 0.3 is 41.6 Å². The van der Waals surface area contributed by atoms with Crippen molar-refractivity contribution in [3.63, 3.8) is 0 Å². The van der Waals surface area contributed by atoms with Gasteiger partial charge in [0.15, 0.2) is 0 Å². The van der Waals surface area contributed by atoms with Gasteiger partial charge in [0.05, 0.1) is 46.4 Å². The van der Waals surface area contributed by atoms with E-state index in [-0.39, 0.29) is 134 Å². The van der Waals surface area contributed by atoms with E-state index in [1.807, 2.05) is 0 Å². The second kappa shape index (κ2) is 25.6. The first kappa shape index (κ1) is 53.7.